The normalized spacial score (nSPS) is 25.2. The molecule has 0 aliphatic carbocycles. The summed E-state index contributed by atoms with van der Waals surface area (Å²) in [6.45, 7) is 5.69. The summed E-state index contributed by atoms with van der Waals surface area (Å²) in [7, 11) is 1.61. The summed E-state index contributed by atoms with van der Waals surface area (Å²) in [5.74, 6) is 0.574. The van der Waals surface area contributed by atoms with Gasteiger partial charge in [0.25, 0.3) is 0 Å². The maximum absolute atomic E-state index is 12.7. The van der Waals surface area contributed by atoms with E-state index in [9.17, 15) is 13.2 Å². The molecule has 3 nitrogen and oxygen atoms in total. The second-order valence-electron chi connectivity index (χ2n) is 6.17. The van der Waals surface area contributed by atoms with Crippen LogP contribution < -0.4 is 0 Å². The number of nitrogens with zero attached hydrogens (tertiary/aromatic N) is 2. The number of aromatic nitrogens is 1. The minimum Gasteiger partial charge on any atom is -0.383 e. The highest BCUT2D eigenvalue weighted by Gasteiger charge is 2.33. The molecular formula is C16H23F3N2O. The van der Waals surface area contributed by atoms with Gasteiger partial charge in [0.15, 0.2) is 0 Å². The first-order chi connectivity index (χ1) is 10.3. The predicted octanol–water partition coefficient (Wildman–Crippen LogP) is 3.91. The van der Waals surface area contributed by atoms with Crippen molar-refractivity contribution in [2.75, 3.05) is 20.3 Å². The predicted molar refractivity (Wildman–Crippen MR) is 78.4 cm³/mol. The van der Waals surface area contributed by atoms with E-state index in [4.69, 9.17) is 4.74 Å². The molecule has 1 aliphatic rings. The Morgan fingerprint density at radius 2 is 2.05 bits per heavy atom. The van der Waals surface area contributed by atoms with Gasteiger partial charge in [-0.1, -0.05) is 6.92 Å². The molecule has 0 N–H and O–H groups in total. The maximum Gasteiger partial charge on any atom is 0.417 e. The zero-order chi connectivity index (χ0) is 16.3. The van der Waals surface area contributed by atoms with Gasteiger partial charge in [-0.3, -0.25) is 9.88 Å². The number of likely N-dealkylation sites (tertiary alicyclic amines) is 1. The van der Waals surface area contributed by atoms with E-state index in [0.717, 1.165) is 25.2 Å². The monoisotopic (exact) mass is 316 g/mol. The number of pyridine rings is 1. The second kappa shape index (κ2) is 6.96. The lowest BCUT2D eigenvalue weighted by atomic mass is 9.92. The Morgan fingerprint density at radius 1 is 1.32 bits per heavy atom. The van der Waals surface area contributed by atoms with Crippen LogP contribution in [0.4, 0.5) is 13.2 Å². The van der Waals surface area contributed by atoms with Crippen LogP contribution in [0.25, 0.3) is 0 Å². The van der Waals surface area contributed by atoms with Crippen molar-refractivity contribution in [3.8, 4) is 0 Å². The average Bonchev–Trinajstić information content (AvgIpc) is 2.47. The van der Waals surface area contributed by atoms with Gasteiger partial charge in [-0.2, -0.15) is 13.2 Å². The Labute approximate surface area is 129 Å². The summed E-state index contributed by atoms with van der Waals surface area (Å²) >= 11 is 0. The first kappa shape index (κ1) is 17.2. The molecule has 2 heterocycles. The zero-order valence-electron chi connectivity index (χ0n) is 13.2. The van der Waals surface area contributed by atoms with E-state index < -0.39 is 11.7 Å². The van der Waals surface area contributed by atoms with Crippen molar-refractivity contribution in [3.63, 3.8) is 0 Å². The van der Waals surface area contributed by atoms with Crippen LogP contribution in [0.3, 0.4) is 0 Å². The molecule has 0 spiro atoms. The Balaban J connectivity index is 2.23. The molecule has 1 unspecified atom stereocenters. The summed E-state index contributed by atoms with van der Waals surface area (Å²) in [5, 5.41) is 0. The molecule has 1 aromatic heterocycles. The van der Waals surface area contributed by atoms with E-state index >= 15 is 0 Å². The molecule has 0 radical (unpaired) electrons. The molecule has 1 aliphatic heterocycles. The molecule has 0 amide bonds. The Hall–Kier alpha value is -1.14. The highest BCUT2D eigenvalue weighted by atomic mass is 19.4. The van der Waals surface area contributed by atoms with Crippen molar-refractivity contribution in [1.82, 2.24) is 9.88 Å². The van der Waals surface area contributed by atoms with E-state index in [1.54, 1.807) is 7.11 Å². The third kappa shape index (κ3) is 3.98. The number of halogens is 3. The van der Waals surface area contributed by atoms with Crippen molar-refractivity contribution in [2.24, 2.45) is 5.92 Å². The lowest BCUT2D eigenvalue weighted by Gasteiger charge is -2.41. The van der Waals surface area contributed by atoms with Gasteiger partial charge in [-0.25, -0.2) is 0 Å². The number of methoxy groups -OCH3 is 1. The first-order valence-electron chi connectivity index (χ1n) is 7.60. The van der Waals surface area contributed by atoms with Crippen LogP contribution in [-0.4, -0.2) is 36.2 Å². The number of ether oxygens (including phenoxy) is 1. The second-order valence-corrected chi connectivity index (χ2v) is 6.17. The van der Waals surface area contributed by atoms with Gasteiger partial charge in [0.2, 0.25) is 0 Å². The number of hydrogen-bond acceptors (Lipinski definition) is 3. The SMILES string of the molecule is COCC(c1ccc(C(F)(F)F)cn1)N1C[C@H](C)CC[C@H]1C. The lowest BCUT2D eigenvalue weighted by molar-refractivity contribution is -0.137. The molecule has 1 aromatic rings. The number of alkyl halides is 3. The van der Waals surface area contributed by atoms with E-state index in [-0.39, 0.29) is 6.04 Å². The van der Waals surface area contributed by atoms with Crippen LogP contribution in [0.5, 0.6) is 0 Å². The van der Waals surface area contributed by atoms with Crippen LogP contribution in [0.15, 0.2) is 18.3 Å². The fraction of sp³-hybridized carbons (Fsp3) is 0.688. The van der Waals surface area contributed by atoms with Crippen molar-refractivity contribution in [2.45, 2.75) is 44.9 Å². The van der Waals surface area contributed by atoms with Gasteiger partial charge in [0.1, 0.15) is 0 Å². The van der Waals surface area contributed by atoms with Crippen molar-refractivity contribution < 1.29 is 17.9 Å². The molecule has 22 heavy (non-hydrogen) atoms. The van der Waals surface area contributed by atoms with Gasteiger partial charge >= 0.3 is 6.18 Å². The van der Waals surface area contributed by atoms with E-state index in [1.807, 2.05) is 0 Å². The third-order valence-electron chi connectivity index (χ3n) is 4.35. The summed E-state index contributed by atoms with van der Waals surface area (Å²) in [5.41, 5.74) is -0.0803. The molecule has 1 saturated heterocycles. The maximum atomic E-state index is 12.7. The third-order valence-corrected chi connectivity index (χ3v) is 4.35. The Kier molecular flexibility index (Phi) is 5.45. The van der Waals surface area contributed by atoms with Crippen LogP contribution in [0.1, 0.15) is 44.0 Å². The van der Waals surface area contributed by atoms with Crippen molar-refractivity contribution in [3.05, 3.63) is 29.6 Å². The van der Waals surface area contributed by atoms with Gasteiger partial charge in [-0.05, 0) is 37.8 Å². The largest absolute Gasteiger partial charge is 0.417 e. The topological polar surface area (TPSA) is 25.4 Å². The molecule has 0 aromatic carbocycles. The lowest BCUT2D eigenvalue weighted by Crippen LogP contribution is -2.45. The molecule has 1 fully saturated rings. The first-order valence-corrected chi connectivity index (χ1v) is 7.60. The summed E-state index contributed by atoms with van der Waals surface area (Å²) in [6.07, 6.45) is -1.18. The fourth-order valence-electron chi connectivity index (χ4n) is 3.04. The molecule has 124 valence electrons. The number of piperidine rings is 1. The molecule has 2 rings (SSSR count). The highest BCUT2D eigenvalue weighted by Crippen LogP contribution is 2.32. The smallest absolute Gasteiger partial charge is 0.383 e. The van der Waals surface area contributed by atoms with E-state index in [2.05, 4.69) is 23.7 Å². The number of hydrogen-bond donors (Lipinski definition) is 0. The minimum absolute atomic E-state index is 0.106. The van der Waals surface area contributed by atoms with Crippen LogP contribution in [0, 0.1) is 5.92 Å². The summed E-state index contributed by atoms with van der Waals surface area (Å²) in [6, 6.07) is 2.84. The average molecular weight is 316 g/mol. The fourth-order valence-corrected chi connectivity index (χ4v) is 3.04. The quantitative estimate of drug-likeness (QED) is 0.842. The van der Waals surface area contributed by atoms with Gasteiger partial charge < -0.3 is 4.74 Å². The molecule has 6 heteroatoms. The van der Waals surface area contributed by atoms with E-state index in [0.29, 0.717) is 24.3 Å². The number of rotatable bonds is 4. The molecule has 0 saturated carbocycles. The van der Waals surface area contributed by atoms with Crippen LogP contribution in [0.2, 0.25) is 0 Å². The Bertz CT molecular complexity index is 475. The summed E-state index contributed by atoms with van der Waals surface area (Å²) < 4.78 is 43.3. The van der Waals surface area contributed by atoms with Crippen LogP contribution >= 0.6 is 0 Å². The van der Waals surface area contributed by atoms with Crippen LogP contribution in [-0.2, 0) is 10.9 Å². The summed E-state index contributed by atoms with van der Waals surface area (Å²) in [4.78, 5) is 6.36. The molecular weight excluding hydrogens is 293 g/mol. The standard InChI is InChI=1S/C16H23F3N2O/c1-11-4-5-12(2)21(9-11)15(10-22-3)14-7-6-13(8-20-14)16(17,18)19/h6-8,11-12,15H,4-5,9-10H2,1-3H3/t11-,12-,15?/m1/s1. The van der Waals surface area contributed by atoms with Gasteiger partial charge in [-0.15, -0.1) is 0 Å². The Morgan fingerprint density at radius 3 is 2.59 bits per heavy atom. The molecule has 3 atom stereocenters. The van der Waals surface area contributed by atoms with Gasteiger partial charge in [0.05, 0.1) is 23.9 Å². The van der Waals surface area contributed by atoms with Crippen molar-refractivity contribution in [1.29, 1.82) is 0 Å². The highest BCUT2D eigenvalue weighted by molar-refractivity contribution is 5.19. The zero-order valence-corrected chi connectivity index (χ0v) is 13.2. The van der Waals surface area contributed by atoms with Gasteiger partial charge in [0, 0.05) is 25.9 Å². The molecule has 0 bridgehead atoms. The van der Waals surface area contributed by atoms with Crippen molar-refractivity contribution >= 4 is 0 Å². The van der Waals surface area contributed by atoms with E-state index in [1.165, 1.54) is 12.5 Å². The minimum atomic E-state index is -4.35.